The molecule has 3 heterocycles. The topological polar surface area (TPSA) is 94.0 Å². The number of phenolic OH excluding ortho intramolecular Hbond substituents is 1. The predicted molar refractivity (Wildman–Crippen MR) is 132 cm³/mol. The van der Waals surface area contributed by atoms with Crippen LogP contribution in [0.3, 0.4) is 0 Å². The van der Waals surface area contributed by atoms with E-state index in [1.54, 1.807) is 13.0 Å². The highest BCUT2D eigenvalue weighted by atomic mass is 32.1. The van der Waals surface area contributed by atoms with Crippen molar-refractivity contribution >= 4 is 11.3 Å². The van der Waals surface area contributed by atoms with Crippen molar-refractivity contribution in [2.24, 2.45) is 0 Å². The molecule has 0 atom stereocenters. The number of hydrogen-bond acceptors (Lipinski definition) is 7. The van der Waals surface area contributed by atoms with E-state index in [0.717, 1.165) is 23.0 Å². The van der Waals surface area contributed by atoms with Crippen LogP contribution in [0.2, 0.25) is 0 Å². The van der Waals surface area contributed by atoms with E-state index in [1.165, 1.54) is 22.8 Å². The first-order chi connectivity index (χ1) is 18.1. The van der Waals surface area contributed by atoms with E-state index in [1.807, 2.05) is 30.3 Å². The Morgan fingerprint density at radius 1 is 1.00 bits per heavy atom. The molecule has 194 valence electrons. The molecule has 0 aliphatic heterocycles. The number of phenols is 1. The number of rotatable bonds is 6. The highest BCUT2D eigenvalue weighted by molar-refractivity contribution is 7.18. The Balaban J connectivity index is 1.61. The molecule has 0 unspecified atom stereocenters. The normalized spacial score (nSPS) is 11.7. The molecule has 2 aromatic carbocycles. The van der Waals surface area contributed by atoms with Gasteiger partial charge in [-0.25, -0.2) is 9.37 Å². The first kappa shape index (κ1) is 25.3. The second-order valence-electron chi connectivity index (χ2n) is 8.30. The largest absolute Gasteiger partial charge is 0.504 e. The van der Waals surface area contributed by atoms with Crippen LogP contribution in [0.25, 0.3) is 32.6 Å². The summed E-state index contributed by atoms with van der Waals surface area (Å²) in [5, 5.41) is 16.9. The lowest BCUT2D eigenvalue weighted by atomic mass is 10.1. The van der Waals surface area contributed by atoms with Gasteiger partial charge in [-0.3, -0.25) is 9.36 Å². The Labute approximate surface area is 216 Å². The number of thiophene rings is 1. The van der Waals surface area contributed by atoms with Gasteiger partial charge in [0.2, 0.25) is 0 Å². The van der Waals surface area contributed by atoms with E-state index < -0.39 is 29.2 Å². The van der Waals surface area contributed by atoms with Crippen LogP contribution >= 0.6 is 11.3 Å². The standard InChI is InChI=1S/C26H18F4N4O3S/c1-14-20(18-10-11-19(38-18)23-32-33-25(37-23)26(28,29)30)24(36)34(13-12-15-6-3-2-4-7-15)22(31-14)16-8-5-9-17(27)21(16)35/h2-11,35H,12-13H2,1H3. The van der Waals surface area contributed by atoms with Gasteiger partial charge in [0.25, 0.3) is 11.4 Å². The summed E-state index contributed by atoms with van der Waals surface area (Å²) >= 11 is 0.996. The summed E-state index contributed by atoms with van der Waals surface area (Å²) in [4.78, 5) is 19.1. The van der Waals surface area contributed by atoms with E-state index in [2.05, 4.69) is 15.2 Å². The van der Waals surface area contributed by atoms with Gasteiger partial charge in [-0.15, -0.1) is 21.5 Å². The molecule has 1 N–H and O–H groups in total. The monoisotopic (exact) mass is 542 g/mol. The molecule has 0 aliphatic carbocycles. The second kappa shape index (κ2) is 9.86. The molecule has 0 radical (unpaired) electrons. The van der Waals surface area contributed by atoms with Gasteiger partial charge >= 0.3 is 12.1 Å². The van der Waals surface area contributed by atoms with Crippen LogP contribution in [0.4, 0.5) is 17.6 Å². The minimum atomic E-state index is -4.78. The predicted octanol–water partition coefficient (Wildman–Crippen LogP) is 6.10. The van der Waals surface area contributed by atoms with Gasteiger partial charge < -0.3 is 9.52 Å². The van der Waals surface area contributed by atoms with E-state index >= 15 is 0 Å². The molecule has 0 saturated carbocycles. The zero-order valence-corrected chi connectivity index (χ0v) is 20.5. The smallest absolute Gasteiger partial charge is 0.470 e. The lowest BCUT2D eigenvalue weighted by Crippen LogP contribution is -2.27. The average Bonchev–Trinajstić information content (AvgIpc) is 3.56. The van der Waals surface area contributed by atoms with E-state index in [4.69, 9.17) is 4.42 Å². The molecule has 0 bridgehead atoms. The van der Waals surface area contributed by atoms with Crippen molar-refractivity contribution in [1.82, 2.24) is 19.7 Å². The van der Waals surface area contributed by atoms with Crippen LogP contribution in [0.15, 0.2) is 69.9 Å². The van der Waals surface area contributed by atoms with Crippen LogP contribution in [0.5, 0.6) is 5.75 Å². The SMILES string of the molecule is Cc1nc(-c2cccc(F)c2O)n(CCc2ccccc2)c(=O)c1-c1ccc(-c2nnc(C(F)(F)F)o2)s1. The molecule has 0 aliphatic rings. The third kappa shape index (κ3) is 4.82. The number of nitrogens with zero attached hydrogens (tertiary/aromatic N) is 4. The zero-order chi connectivity index (χ0) is 27.0. The Hall–Kier alpha value is -4.32. The summed E-state index contributed by atoms with van der Waals surface area (Å²) in [5.74, 6) is -3.19. The maximum Gasteiger partial charge on any atom is 0.470 e. The highest BCUT2D eigenvalue weighted by Gasteiger charge is 2.38. The van der Waals surface area contributed by atoms with Crippen molar-refractivity contribution in [3.8, 4) is 38.3 Å². The fraction of sp³-hybridized carbons (Fsp3) is 0.154. The number of para-hydroxylation sites is 1. The first-order valence-corrected chi connectivity index (χ1v) is 12.1. The fourth-order valence-electron chi connectivity index (χ4n) is 3.96. The van der Waals surface area contributed by atoms with Gasteiger partial charge in [-0.2, -0.15) is 13.2 Å². The van der Waals surface area contributed by atoms with Gasteiger partial charge in [0.05, 0.1) is 21.7 Å². The van der Waals surface area contributed by atoms with Gasteiger partial charge in [-0.1, -0.05) is 36.4 Å². The Morgan fingerprint density at radius 2 is 1.74 bits per heavy atom. The van der Waals surface area contributed by atoms with Crippen LogP contribution in [-0.2, 0) is 19.1 Å². The zero-order valence-electron chi connectivity index (χ0n) is 19.7. The van der Waals surface area contributed by atoms with Gasteiger partial charge in [0.1, 0.15) is 5.82 Å². The Bertz CT molecular complexity index is 1680. The maximum absolute atomic E-state index is 14.2. The molecule has 12 heteroatoms. The summed E-state index contributed by atoms with van der Waals surface area (Å²) in [6.45, 7) is 1.76. The Kier molecular flexibility index (Phi) is 6.57. The lowest BCUT2D eigenvalue weighted by Gasteiger charge is -2.16. The Morgan fingerprint density at radius 3 is 2.45 bits per heavy atom. The van der Waals surface area contributed by atoms with E-state index in [9.17, 15) is 27.5 Å². The van der Waals surface area contributed by atoms with Crippen molar-refractivity contribution in [2.45, 2.75) is 26.1 Å². The maximum atomic E-state index is 14.2. The van der Waals surface area contributed by atoms with Crippen LogP contribution in [-0.4, -0.2) is 24.9 Å². The number of aromatic hydroxyl groups is 1. The van der Waals surface area contributed by atoms with Crippen molar-refractivity contribution in [3.05, 3.63) is 94.0 Å². The summed E-state index contributed by atoms with van der Waals surface area (Å²) in [5.41, 5.74) is 1.06. The summed E-state index contributed by atoms with van der Waals surface area (Å²) in [7, 11) is 0. The number of halogens is 4. The van der Waals surface area contributed by atoms with E-state index in [-0.39, 0.29) is 34.3 Å². The molecule has 38 heavy (non-hydrogen) atoms. The molecule has 7 nitrogen and oxygen atoms in total. The van der Waals surface area contributed by atoms with Gasteiger partial charge in [-0.05, 0) is 43.2 Å². The van der Waals surface area contributed by atoms with E-state index in [0.29, 0.717) is 17.0 Å². The molecular formula is C26H18F4N4O3S. The molecule has 5 aromatic rings. The number of aromatic nitrogens is 4. The molecule has 0 fully saturated rings. The second-order valence-corrected chi connectivity index (χ2v) is 9.38. The van der Waals surface area contributed by atoms with Crippen LogP contribution in [0, 0.1) is 12.7 Å². The van der Waals surface area contributed by atoms with Crippen molar-refractivity contribution in [3.63, 3.8) is 0 Å². The molecule has 0 amide bonds. The number of hydrogen-bond donors (Lipinski definition) is 1. The molecule has 5 rings (SSSR count). The van der Waals surface area contributed by atoms with Crippen LogP contribution < -0.4 is 5.56 Å². The van der Waals surface area contributed by atoms with Crippen LogP contribution in [0.1, 0.15) is 17.1 Å². The summed E-state index contributed by atoms with van der Waals surface area (Å²) < 4.78 is 58.9. The number of alkyl halides is 3. The third-order valence-corrected chi connectivity index (χ3v) is 6.87. The lowest BCUT2D eigenvalue weighted by molar-refractivity contribution is -0.156. The highest BCUT2D eigenvalue weighted by Crippen LogP contribution is 2.37. The minimum Gasteiger partial charge on any atom is -0.504 e. The minimum absolute atomic E-state index is 0.0576. The average molecular weight is 543 g/mol. The number of aryl methyl sites for hydroxylation is 2. The van der Waals surface area contributed by atoms with Gasteiger partial charge in [0, 0.05) is 11.4 Å². The third-order valence-electron chi connectivity index (χ3n) is 5.78. The summed E-state index contributed by atoms with van der Waals surface area (Å²) in [6.07, 6.45) is -4.33. The molecule has 3 aromatic heterocycles. The van der Waals surface area contributed by atoms with Crippen molar-refractivity contribution < 1.29 is 27.1 Å². The van der Waals surface area contributed by atoms with Crippen molar-refractivity contribution in [2.75, 3.05) is 0 Å². The molecular weight excluding hydrogens is 524 g/mol. The fourth-order valence-corrected chi connectivity index (χ4v) is 4.98. The summed E-state index contributed by atoms with van der Waals surface area (Å²) in [6, 6.07) is 16.4. The number of benzene rings is 2. The van der Waals surface area contributed by atoms with Gasteiger partial charge in [0.15, 0.2) is 11.6 Å². The quantitative estimate of drug-likeness (QED) is 0.261. The first-order valence-electron chi connectivity index (χ1n) is 11.3. The molecule has 0 spiro atoms. The molecule has 0 saturated heterocycles. The van der Waals surface area contributed by atoms with Crippen molar-refractivity contribution in [1.29, 1.82) is 0 Å².